The van der Waals surface area contributed by atoms with Crippen molar-refractivity contribution >= 4 is 10.0 Å². The summed E-state index contributed by atoms with van der Waals surface area (Å²) >= 11 is 0. The molecule has 22 heavy (non-hydrogen) atoms. The Hall–Kier alpha value is -0.920. The van der Waals surface area contributed by atoms with E-state index in [1.165, 1.54) is 4.31 Å². The molecule has 1 atom stereocenters. The van der Waals surface area contributed by atoms with Gasteiger partial charge in [0.25, 0.3) is 0 Å². The lowest BCUT2D eigenvalue weighted by molar-refractivity contribution is 0.136. The van der Waals surface area contributed by atoms with E-state index in [1.54, 1.807) is 32.5 Å². The summed E-state index contributed by atoms with van der Waals surface area (Å²) in [4.78, 5) is 0.293. The Kier molecular flexibility index (Phi) is 5.29. The summed E-state index contributed by atoms with van der Waals surface area (Å²) in [6.45, 7) is 5.27. The zero-order valence-electron chi connectivity index (χ0n) is 13.9. The minimum absolute atomic E-state index is 0.0210. The summed E-state index contributed by atoms with van der Waals surface area (Å²) in [7, 11) is -1.90. The van der Waals surface area contributed by atoms with Crippen LogP contribution < -0.4 is 0 Å². The lowest BCUT2D eigenvalue weighted by Crippen LogP contribution is -2.45. The van der Waals surface area contributed by atoms with Crippen LogP contribution in [0.5, 0.6) is 0 Å². The average molecular weight is 329 g/mol. The third-order valence-electron chi connectivity index (χ3n) is 4.44. The van der Waals surface area contributed by atoms with E-state index in [0.29, 0.717) is 16.3 Å². The summed E-state index contributed by atoms with van der Waals surface area (Å²) in [6.07, 6.45) is 4.29. The van der Waals surface area contributed by atoms with Gasteiger partial charge in [0.1, 0.15) is 4.90 Å². The maximum Gasteiger partial charge on any atom is 0.247 e. The van der Waals surface area contributed by atoms with Crippen molar-refractivity contribution in [3.63, 3.8) is 0 Å². The third-order valence-corrected chi connectivity index (χ3v) is 6.61. The molecule has 1 aromatic heterocycles. The van der Waals surface area contributed by atoms with Crippen molar-refractivity contribution in [2.45, 2.75) is 69.9 Å². The van der Waals surface area contributed by atoms with Crippen LogP contribution in [-0.2, 0) is 17.1 Å². The Morgan fingerprint density at radius 2 is 1.91 bits per heavy atom. The molecule has 0 radical (unpaired) electrons. The molecule has 0 bridgehead atoms. The van der Waals surface area contributed by atoms with E-state index in [-0.39, 0.29) is 12.6 Å². The van der Waals surface area contributed by atoms with Gasteiger partial charge in [0, 0.05) is 19.6 Å². The van der Waals surface area contributed by atoms with Gasteiger partial charge in [-0.05, 0) is 33.6 Å². The number of aliphatic hydroxyl groups excluding tert-OH is 1. The van der Waals surface area contributed by atoms with Gasteiger partial charge in [-0.1, -0.05) is 19.3 Å². The van der Waals surface area contributed by atoms with Gasteiger partial charge < -0.3 is 5.11 Å². The van der Waals surface area contributed by atoms with Gasteiger partial charge >= 0.3 is 0 Å². The van der Waals surface area contributed by atoms with Crippen LogP contribution in [0.1, 0.15) is 50.4 Å². The SMILES string of the molecule is Cc1nn(C)c(C)c1S(=O)(=O)N(C[C@H](C)O)C1CCCCC1. The van der Waals surface area contributed by atoms with Crippen LogP contribution >= 0.6 is 0 Å². The molecule has 0 aromatic carbocycles. The Morgan fingerprint density at radius 3 is 2.36 bits per heavy atom. The van der Waals surface area contributed by atoms with E-state index in [0.717, 1.165) is 32.1 Å². The van der Waals surface area contributed by atoms with Crippen LogP contribution in [0.15, 0.2) is 4.90 Å². The number of hydrogen-bond donors (Lipinski definition) is 1. The average Bonchev–Trinajstić information content (AvgIpc) is 2.70. The van der Waals surface area contributed by atoms with Gasteiger partial charge in [0.05, 0.1) is 17.5 Å². The molecule has 1 N–H and O–H groups in total. The molecule has 0 amide bonds. The summed E-state index contributed by atoms with van der Waals surface area (Å²) < 4.78 is 29.5. The first kappa shape index (κ1) is 17.4. The number of hydrogen-bond acceptors (Lipinski definition) is 4. The van der Waals surface area contributed by atoms with Gasteiger partial charge in [-0.25, -0.2) is 8.42 Å². The first-order valence-electron chi connectivity index (χ1n) is 7.95. The smallest absolute Gasteiger partial charge is 0.247 e. The molecule has 1 fully saturated rings. The standard InChI is InChI=1S/C15H27N3O3S/c1-11(19)10-18(14-8-6-5-7-9-14)22(20,21)15-12(2)16-17(4)13(15)3/h11,14,19H,5-10H2,1-4H3/t11-/m0/s1. The number of sulfonamides is 1. The lowest BCUT2D eigenvalue weighted by Gasteiger charge is -2.34. The molecular formula is C15H27N3O3S. The number of aromatic nitrogens is 2. The first-order chi connectivity index (χ1) is 10.2. The molecule has 6 nitrogen and oxygen atoms in total. The molecule has 2 rings (SSSR count). The van der Waals surface area contributed by atoms with E-state index in [1.807, 2.05) is 0 Å². The minimum atomic E-state index is -3.65. The highest BCUT2D eigenvalue weighted by Crippen LogP contribution is 2.30. The zero-order valence-corrected chi connectivity index (χ0v) is 14.7. The fourth-order valence-electron chi connectivity index (χ4n) is 3.32. The monoisotopic (exact) mass is 329 g/mol. The normalized spacial score (nSPS) is 18.8. The number of aliphatic hydroxyl groups is 1. The molecule has 0 saturated heterocycles. The van der Waals surface area contributed by atoms with E-state index in [4.69, 9.17) is 0 Å². The second-order valence-corrected chi connectivity index (χ2v) is 8.17. The molecule has 126 valence electrons. The Bertz CT molecular complexity index is 616. The summed E-state index contributed by atoms with van der Waals surface area (Å²) in [5.74, 6) is 0. The predicted molar refractivity (Wildman–Crippen MR) is 85.1 cm³/mol. The van der Waals surface area contributed by atoms with Crippen LogP contribution in [0, 0.1) is 13.8 Å². The molecule has 0 aliphatic heterocycles. The van der Waals surface area contributed by atoms with Gasteiger partial charge in [-0.2, -0.15) is 9.40 Å². The Morgan fingerprint density at radius 1 is 1.32 bits per heavy atom. The fraction of sp³-hybridized carbons (Fsp3) is 0.800. The lowest BCUT2D eigenvalue weighted by atomic mass is 9.95. The summed E-state index contributed by atoms with van der Waals surface area (Å²) in [5.41, 5.74) is 1.16. The highest BCUT2D eigenvalue weighted by Gasteiger charge is 2.36. The van der Waals surface area contributed by atoms with E-state index < -0.39 is 16.1 Å². The predicted octanol–water partition coefficient (Wildman–Crippen LogP) is 1.74. The van der Waals surface area contributed by atoms with E-state index >= 15 is 0 Å². The van der Waals surface area contributed by atoms with Crippen LogP contribution in [0.2, 0.25) is 0 Å². The molecule has 1 aromatic rings. The van der Waals surface area contributed by atoms with Crippen LogP contribution in [0.25, 0.3) is 0 Å². The van der Waals surface area contributed by atoms with Crippen LogP contribution in [0.3, 0.4) is 0 Å². The number of nitrogens with zero attached hydrogens (tertiary/aromatic N) is 3. The van der Waals surface area contributed by atoms with Gasteiger partial charge in [0.2, 0.25) is 10.0 Å². The maximum atomic E-state index is 13.2. The maximum absolute atomic E-state index is 13.2. The molecule has 1 aliphatic rings. The highest BCUT2D eigenvalue weighted by atomic mass is 32.2. The number of aryl methyl sites for hydroxylation is 2. The first-order valence-corrected chi connectivity index (χ1v) is 9.39. The second kappa shape index (κ2) is 6.68. The molecule has 0 spiro atoms. The van der Waals surface area contributed by atoms with Gasteiger partial charge in [-0.15, -0.1) is 0 Å². The molecule has 7 heteroatoms. The van der Waals surface area contributed by atoms with Crippen molar-refractivity contribution in [2.24, 2.45) is 7.05 Å². The van der Waals surface area contributed by atoms with Crippen molar-refractivity contribution in [3.8, 4) is 0 Å². The van der Waals surface area contributed by atoms with Crippen molar-refractivity contribution in [1.29, 1.82) is 0 Å². The molecule has 1 saturated carbocycles. The Labute approximate surface area is 133 Å². The van der Waals surface area contributed by atoms with Crippen LogP contribution in [0.4, 0.5) is 0 Å². The second-order valence-electron chi connectivity index (χ2n) is 6.34. The van der Waals surface area contributed by atoms with Crippen molar-refractivity contribution in [1.82, 2.24) is 14.1 Å². The van der Waals surface area contributed by atoms with E-state index in [2.05, 4.69) is 5.10 Å². The van der Waals surface area contributed by atoms with E-state index in [9.17, 15) is 13.5 Å². The van der Waals surface area contributed by atoms with Crippen molar-refractivity contribution in [3.05, 3.63) is 11.4 Å². The molecule has 1 heterocycles. The largest absolute Gasteiger partial charge is 0.392 e. The van der Waals surface area contributed by atoms with Gasteiger partial charge in [-0.3, -0.25) is 4.68 Å². The fourth-order valence-corrected chi connectivity index (χ4v) is 5.49. The third kappa shape index (κ3) is 3.36. The molecule has 0 unspecified atom stereocenters. The zero-order chi connectivity index (χ0) is 16.5. The summed E-state index contributed by atoms with van der Waals surface area (Å²) in [5, 5.41) is 14.0. The van der Waals surface area contributed by atoms with Crippen molar-refractivity contribution in [2.75, 3.05) is 6.54 Å². The minimum Gasteiger partial charge on any atom is -0.392 e. The molecule has 1 aliphatic carbocycles. The molecular weight excluding hydrogens is 302 g/mol. The highest BCUT2D eigenvalue weighted by molar-refractivity contribution is 7.89. The quantitative estimate of drug-likeness (QED) is 0.893. The van der Waals surface area contributed by atoms with Gasteiger partial charge in [0.15, 0.2) is 0 Å². The topological polar surface area (TPSA) is 75.4 Å². The van der Waals surface area contributed by atoms with Crippen LogP contribution in [-0.4, -0.2) is 46.3 Å². The van der Waals surface area contributed by atoms with Crippen molar-refractivity contribution < 1.29 is 13.5 Å². The Balaban J connectivity index is 2.44. The number of rotatable bonds is 5. The summed E-state index contributed by atoms with van der Waals surface area (Å²) in [6, 6.07) is -0.0210.